The zero-order valence-electron chi connectivity index (χ0n) is 19.5. The van der Waals surface area contributed by atoms with E-state index in [1.807, 2.05) is 0 Å². The predicted molar refractivity (Wildman–Crippen MR) is 135 cm³/mol. The Morgan fingerprint density at radius 2 is 1.61 bits per heavy atom. The lowest BCUT2D eigenvalue weighted by Crippen LogP contribution is -2.22. The molecular weight excluding hydrogens is 392 g/mol. The first-order valence-electron chi connectivity index (χ1n) is 12.0. The number of ether oxygens (including phenoxy) is 1. The van der Waals surface area contributed by atoms with Gasteiger partial charge in [0.05, 0.1) is 14.4 Å². The highest BCUT2D eigenvalue weighted by Gasteiger charge is 2.25. The first-order chi connectivity index (χ1) is 15.0. The van der Waals surface area contributed by atoms with Gasteiger partial charge in [0.15, 0.2) is 0 Å². The lowest BCUT2D eigenvalue weighted by Gasteiger charge is -2.21. The van der Waals surface area contributed by atoms with E-state index in [1.54, 1.807) is 11.1 Å². The summed E-state index contributed by atoms with van der Waals surface area (Å²) in [5.74, 6) is 0. The first-order valence-corrected chi connectivity index (χ1v) is 14.0. The molecule has 2 heteroatoms. The number of hydrogen-bond donors (Lipinski definition) is 0. The van der Waals surface area contributed by atoms with Crippen molar-refractivity contribution in [3.05, 3.63) is 83.5 Å². The number of rotatable bonds is 10. The molecule has 2 aromatic carbocycles. The van der Waals surface area contributed by atoms with Crippen molar-refractivity contribution >= 4 is 8.80 Å². The third-order valence-corrected chi connectivity index (χ3v) is 9.67. The van der Waals surface area contributed by atoms with Gasteiger partial charge in [0.1, 0.15) is 0 Å². The number of benzene rings is 2. The van der Waals surface area contributed by atoms with Gasteiger partial charge >= 0.3 is 0 Å². The zero-order chi connectivity index (χ0) is 21.7. The van der Waals surface area contributed by atoms with E-state index < -0.39 is 8.80 Å². The lowest BCUT2D eigenvalue weighted by molar-refractivity contribution is -0.00471. The van der Waals surface area contributed by atoms with E-state index in [1.165, 1.54) is 54.5 Å². The van der Waals surface area contributed by atoms with E-state index in [4.69, 9.17) is 4.74 Å². The smallest absolute Gasteiger partial charge is 0.0650 e. The quantitative estimate of drug-likeness (QED) is 0.237. The molecular formula is C29H37OSi. The third-order valence-electron chi connectivity index (χ3n) is 6.51. The van der Waals surface area contributed by atoms with Crippen LogP contribution in [0.4, 0.5) is 0 Å². The fraction of sp³-hybridized carbons (Fsp3) is 0.448. The van der Waals surface area contributed by atoms with Gasteiger partial charge in [0.2, 0.25) is 0 Å². The fourth-order valence-corrected chi connectivity index (χ4v) is 7.93. The van der Waals surface area contributed by atoms with E-state index in [9.17, 15) is 0 Å². The zero-order valence-corrected chi connectivity index (χ0v) is 20.5. The molecule has 0 N–H and O–H groups in total. The molecule has 0 aliphatic heterocycles. The monoisotopic (exact) mass is 429 g/mol. The Labute approximate surface area is 190 Å². The molecule has 0 amide bonds. The van der Waals surface area contributed by atoms with Gasteiger partial charge in [-0.2, -0.15) is 0 Å². The molecule has 0 fully saturated rings. The van der Waals surface area contributed by atoms with Crippen LogP contribution >= 0.6 is 0 Å². The molecule has 0 heterocycles. The lowest BCUT2D eigenvalue weighted by atomic mass is 10.0. The Morgan fingerprint density at radius 1 is 0.871 bits per heavy atom. The number of fused-ring (bicyclic) bond motifs is 3. The fourth-order valence-electron chi connectivity index (χ4n) is 4.90. The summed E-state index contributed by atoms with van der Waals surface area (Å²) in [6.07, 6.45) is 15.7. The van der Waals surface area contributed by atoms with E-state index in [0.29, 0.717) is 5.54 Å². The van der Waals surface area contributed by atoms with Crippen molar-refractivity contribution in [2.45, 2.75) is 76.1 Å². The van der Waals surface area contributed by atoms with Crippen LogP contribution in [0, 0.1) is 0 Å². The number of unbranched alkanes of at least 4 members (excludes halogenated alkanes) is 3. The summed E-state index contributed by atoms with van der Waals surface area (Å²) in [4.78, 5) is 0. The molecule has 31 heavy (non-hydrogen) atoms. The average Bonchev–Trinajstić information content (AvgIpc) is 3.40. The SMILES string of the molecule is CC(C)(C)OCCCCCC[Si](Cc1cccc2c1Cc1ccccc1-2)C1C=CC=C1. The molecule has 0 atom stereocenters. The van der Waals surface area contributed by atoms with Crippen LogP contribution in [0.5, 0.6) is 0 Å². The Hall–Kier alpha value is -1.90. The van der Waals surface area contributed by atoms with Gasteiger partial charge in [-0.3, -0.25) is 0 Å². The number of hydrogen-bond acceptors (Lipinski definition) is 1. The molecule has 4 rings (SSSR count). The van der Waals surface area contributed by atoms with Crippen LogP contribution < -0.4 is 0 Å². The molecule has 0 unspecified atom stereocenters. The second-order valence-corrected chi connectivity index (χ2v) is 12.9. The van der Waals surface area contributed by atoms with Crippen LogP contribution in [0.15, 0.2) is 66.8 Å². The average molecular weight is 430 g/mol. The van der Waals surface area contributed by atoms with Crippen molar-refractivity contribution in [1.82, 2.24) is 0 Å². The van der Waals surface area contributed by atoms with Crippen molar-refractivity contribution in [3.8, 4) is 11.1 Å². The molecule has 0 saturated heterocycles. The molecule has 1 radical (unpaired) electrons. The molecule has 0 spiro atoms. The maximum atomic E-state index is 5.87. The van der Waals surface area contributed by atoms with E-state index in [2.05, 4.69) is 87.5 Å². The molecule has 2 aliphatic carbocycles. The van der Waals surface area contributed by atoms with Gasteiger partial charge in [-0.1, -0.05) is 92.1 Å². The van der Waals surface area contributed by atoms with Gasteiger partial charge in [0.25, 0.3) is 0 Å². The molecule has 163 valence electrons. The van der Waals surface area contributed by atoms with Crippen molar-refractivity contribution < 1.29 is 4.74 Å². The van der Waals surface area contributed by atoms with Crippen LogP contribution in [0.2, 0.25) is 11.6 Å². The second kappa shape index (κ2) is 10.1. The molecule has 2 aromatic rings. The highest BCUT2D eigenvalue weighted by Crippen LogP contribution is 2.39. The van der Waals surface area contributed by atoms with Gasteiger partial charge < -0.3 is 4.74 Å². The maximum absolute atomic E-state index is 5.87. The minimum atomic E-state index is -0.502. The summed E-state index contributed by atoms with van der Waals surface area (Å²) in [7, 11) is -0.502. The van der Waals surface area contributed by atoms with E-state index >= 15 is 0 Å². The summed E-state index contributed by atoms with van der Waals surface area (Å²) in [5, 5.41) is 0. The topological polar surface area (TPSA) is 9.23 Å². The Morgan fingerprint density at radius 3 is 2.42 bits per heavy atom. The Kier molecular flexibility index (Phi) is 7.30. The number of allylic oxidation sites excluding steroid dienone is 4. The molecule has 2 aliphatic rings. The van der Waals surface area contributed by atoms with Crippen molar-refractivity contribution in [1.29, 1.82) is 0 Å². The van der Waals surface area contributed by atoms with Crippen LogP contribution in [-0.4, -0.2) is 21.0 Å². The van der Waals surface area contributed by atoms with Crippen LogP contribution in [-0.2, 0) is 17.2 Å². The van der Waals surface area contributed by atoms with Crippen molar-refractivity contribution in [2.24, 2.45) is 0 Å². The Bertz CT molecular complexity index is 922. The van der Waals surface area contributed by atoms with Crippen molar-refractivity contribution in [2.75, 3.05) is 6.61 Å². The summed E-state index contributed by atoms with van der Waals surface area (Å²) in [6, 6.07) is 18.7. The van der Waals surface area contributed by atoms with Gasteiger partial charge in [-0.15, -0.1) is 0 Å². The van der Waals surface area contributed by atoms with Crippen LogP contribution in [0.25, 0.3) is 11.1 Å². The highest BCUT2D eigenvalue weighted by atomic mass is 28.3. The van der Waals surface area contributed by atoms with Crippen LogP contribution in [0.1, 0.15) is 63.1 Å². The highest BCUT2D eigenvalue weighted by molar-refractivity contribution is 6.61. The van der Waals surface area contributed by atoms with Crippen molar-refractivity contribution in [3.63, 3.8) is 0 Å². The normalized spacial score (nSPS) is 15.1. The molecule has 0 bridgehead atoms. The van der Waals surface area contributed by atoms with E-state index in [-0.39, 0.29) is 5.60 Å². The summed E-state index contributed by atoms with van der Waals surface area (Å²) in [6.45, 7) is 7.32. The molecule has 1 nitrogen and oxygen atoms in total. The summed E-state index contributed by atoms with van der Waals surface area (Å²) < 4.78 is 5.87. The first kappa shape index (κ1) is 22.3. The molecule has 0 aromatic heterocycles. The predicted octanol–water partition coefficient (Wildman–Crippen LogP) is 7.71. The van der Waals surface area contributed by atoms with Crippen LogP contribution in [0.3, 0.4) is 0 Å². The minimum Gasteiger partial charge on any atom is -0.376 e. The van der Waals surface area contributed by atoms with Gasteiger partial charge in [-0.05, 0) is 73.0 Å². The van der Waals surface area contributed by atoms with Gasteiger partial charge in [0, 0.05) is 6.61 Å². The van der Waals surface area contributed by atoms with E-state index in [0.717, 1.165) is 13.0 Å². The largest absolute Gasteiger partial charge is 0.376 e. The standard InChI is InChI=1S/C29H37OSi/c1-29(2,3)30-19-10-4-5-11-20-31(25-15-7-8-16-25)22-24-14-12-18-27-26-17-9-6-13-23(26)21-28(24)27/h6-9,12-18,25H,4-5,10-11,19-22H2,1-3H3. The summed E-state index contributed by atoms with van der Waals surface area (Å²) in [5.41, 5.74) is 8.31. The maximum Gasteiger partial charge on any atom is 0.0650 e. The summed E-state index contributed by atoms with van der Waals surface area (Å²) >= 11 is 0. The third kappa shape index (κ3) is 5.87. The van der Waals surface area contributed by atoms with Gasteiger partial charge in [-0.25, -0.2) is 0 Å². The second-order valence-electron chi connectivity index (χ2n) is 10.0. The Balaban J connectivity index is 1.36. The minimum absolute atomic E-state index is 0.00703. The molecule has 0 saturated carbocycles.